The van der Waals surface area contributed by atoms with Gasteiger partial charge in [-0.3, -0.25) is 0 Å². The smallest absolute Gasteiger partial charge is 0.119 e. The molecule has 0 spiro atoms. The van der Waals surface area contributed by atoms with Crippen molar-refractivity contribution in [3.05, 3.63) is 0 Å². The number of carbonyl (C=O) groups excluding carboxylic acids is 1. The summed E-state index contributed by atoms with van der Waals surface area (Å²) in [6.07, 6.45) is 8.76. The van der Waals surface area contributed by atoms with E-state index in [4.69, 9.17) is 5.73 Å². The van der Waals surface area contributed by atoms with Gasteiger partial charge in [-0.1, -0.05) is 39.5 Å². The summed E-state index contributed by atoms with van der Waals surface area (Å²) in [5.41, 5.74) is 5.31. The van der Waals surface area contributed by atoms with Gasteiger partial charge in [-0.2, -0.15) is 0 Å². The molecule has 0 aromatic heterocycles. The van der Waals surface area contributed by atoms with Crippen molar-refractivity contribution in [2.45, 2.75) is 58.8 Å². The molecule has 0 rings (SSSR count). The molecular weight excluding hydrogens is 162 g/mol. The van der Waals surface area contributed by atoms with Gasteiger partial charge in [0.15, 0.2) is 0 Å². The van der Waals surface area contributed by atoms with Gasteiger partial charge in [0, 0.05) is 7.85 Å². The van der Waals surface area contributed by atoms with Gasteiger partial charge in [0.25, 0.3) is 0 Å². The van der Waals surface area contributed by atoms with E-state index in [0.29, 0.717) is 0 Å². The van der Waals surface area contributed by atoms with Crippen molar-refractivity contribution in [1.82, 2.24) is 0 Å². The molecule has 13 heavy (non-hydrogen) atoms. The fraction of sp³-hybridized carbons (Fsp3) is 0.909. The molecule has 2 heteroatoms. The maximum absolute atomic E-state index is 9.87. The van der Waals surface area contributed by atoms with Gasteiger partial charge in [0.05, 0.1) is 0 Å². The molecule has 0 aliphatic heterocycles. The first-order valence-electron chi connectivity index (χ1n) is 5.47. The van der Waals surface area contributed by atoms with Crippen molar-refractivity contribution >= 4 is 6.29 Å². The summed E-state index contributed by atoms with van der Waals surface area (Å²) < 4.78 is 0. The van der Waals surface area contributed by atoms with Gasteiger partial charge >= 0.3 is 0 Å². The monoisotopic (exact) mass is 189 g/mol. The highest BCUT2D eigenvalue weighted by atomic mass is 16.1. The Kier molecular flexibility index (Phi) is 20.5. The molecule has 0 fully saturated rings. The predicted molar refractivity (Wildman–Crippen MR) is 60.9 cm³/mol. The summed E-state index contributed by atoms with van der Waals surface area (Å²) in [7, 11) is 0. The first-order chi connectivity index (χ1) is 6.33. The summed E-state index contributed by atoms with van der Waals surface area (Å²) in [6.45, 7) is 5.05. The first kappa shape index (κ1) is 15.1. The lowest BCUT2D eigenvalue weighted by Crippen LogP contribution is -1.97. The van der Waals surface area contributed by atoms with Crippen LogP contribution in [-0.4, -0.2) is 12.8 Å². The lowest BCUT2D eigenvalue weighted by atomic mass is 10.1. The van der Waals surface area contributed by atoms with Gasteiger partial charge in [0.1, 0.15) is 6.29 Å². The highest BCUT2D eigenvalue weighted by molar-refractivity contribution is 5.48. The maximum atomic E-state index is 9.87. The number of carbonyl (C=O) groups is 1. The van der Waals surface area contributed by atoms with Gasteiger partial charge in [-0.25, -0.2) is 0 Å². The van der Waals surface area contributed by atoms with Gasteiger partial charge in [-0.15, -0.1) is 0 Å². The molecule has 0 amide bonds. The third-order valence-electron chi connectivity index (χ3n) is 1.53. The zero-order valence-corrected chi connectivity index (χ0v) is 9.22. The summed E-state index contributed by atoms with van der Waals surface area (Å²) in [4.78, 5) is 9.87. The van der Waals surface area contributed by atoms with Gasteiger partial charge in [0.2, 0.25) is 0 Å². The number of unbranched alkanes of at least 4 members (excludes halogenated alkanes) is 5. The van der Waals surface area contributed by atoms with E-state index in [1.807, 2.05) is 0 Å². The predicted octanol–water partition coefficient (Wildman–Crippen LogP) is 3.15. The van der Waals surface area contributed by atoms with Crippen LogP contribution in [0.2, 0.25) is 0 Å². The SMILES string of the molecule is CCC.NCCCCCCCC=O.[HH]. The topological polar surface area (TPSA) is 43.1 Å². The Hall–Kier alpha value is -0.370. The standard InChI is InChI=1S/C8H17NO.C3H8.H2/c9-7-5-3-1-2-4-6-8-10;1-3-2;/h8H,1-7,9H2;3H2,1-2H3;1H. The van der Waals surface area contributed by atoms with Crippen LogP contribution in [0.1, 0.15) is 60.2 Å². The summed E-state index contributed by atoms with van der Waals surface area (Å²) >= 11 is 0. The van der Waals surface area contributed by atoms with Crippen LogP contribution >= 0.6 is 0 Å². The molecule has 0 saturated heterocycles. The largest absolute Gasteiger partial charge is 0.330 e. The van der Waals surface area contributed by atoms with Crippen LogP contribution in [0.4, 0.5) is 0 Å². The van der Waals surface area contributed by atoms with Crippen LogP contribution in [0.3, 0.4) is 0 Å². The van der Waals surface area contributed by atoms with Crippen molar-refractivity contribution in [3.63, 3.8) is 0 Å². The Balaban J connectivity index is -0.000000267. The van der Waals surface area contributed by atoms with Crippen LogP contribution in [0.15, 0.2) is 0 Å². The minimum Gasteiger partial charge on any atom is -0.330 e. The second-order valence-corrected chi connectivity index (χ2v) is 3.22. The van der Waals surface area contributed by atoms with Gasteiger partial charge in [-0.05, 0) is 19.4 Å². The molecule has 0 bridgehead atoms. The zero-order chi connectivity index (χ0) is 10.4. The van der Waals surface area contributed by atoms with Crippen LogP contribution in [0, 0.1) is 0 Å². The molecular formula is C11H27NO. The highest BCUT2D eigenvalue weighted by Gasteiger charge is 1.87. The average molecular weight is 189 g/mol. The Morgan fingerprint density at radius 2 is 1.54 bits per heavy atom. The number of aldehydes is 1. The fourth-order valence-corrected chi connectivity index (χ4v) is 0.902. The van der Waals surface area contributed by atoms with Crippen LogP contribution in [-0.2, 0) is 4.79 Å². The lowest BCUT2D eigenvalue weighted by molar-refractivity contribution is -0.107. The van der Waals surface area contributed by atoms with Crippen molar-refractivity contribution in [3.8, 4) is 0 Å². The first-order valence-corrected chi connectivity index (χ1v) is 5.47. The van der Waals surface area contributed by atoms with E-state index in [9.17, 15) is 4.79 Å². The third kappa shape index (κ3) is 24.5. The summed E-state index contributed by atoms with van der Waals surface area (Å²) in [5, 5.41) is 0. The molecule has 0 saturated carbocycles. The zero-order valence-electron chi connectivity index (χ0n) is 9.22. The van der Waals surface area contributed by atoms with E-state index < -0.39 is 0 Å². The molecule has 0 heterocycles. The fourth-order valence-electron chi connectivity index (χ4n) is 0.902. The van der Waals surface area contributed by atoms with E-state index in [1.54, 1.807) is 0 Å². The molecule has 0 atom stereocenters. The normalized spacial score (nSPS) is 8.85. The van der Waals surface area contributed by atoms with Crippen molar-refractivity contribution in [2.24, 2.45) is 5.73 Å². The quantitative estimate of drug-likeness (QED) is 0.494. The molecule has 2 nitrogen and oxygen atoms in total. The summed E-state index contributed by atoms with van der Waals surface area (Å²) in [5.74, 6) is 0. The maximum Gasteiger partial charge on any atom is 0.119 e. The van der Waals surface area contributed by atoms with Gasteiger partial charge < -0.3 is 10.5 Å². The van der Waals surface area contributed by atoms with E-state index in [1.165, 1.54) is 25.7 Å². The Morgan fingerprint density at radius 1 is 1.08 bits per heavy atom. The third-order valence-corrected chi connectivity index (χ3v) is 1.53. The van der Waals surface area contributed by atoms with Crippen LogP contribution in [0.5, 0.6) is 0 Å². The average Bonchev–Trinajstić information content (AvgIpc) is 2.13. The molecule has 0 aliphatic rings. The number of hydrogen-bond donors (Lipinski definition) is 1. The Morgan fingerprint density at radius 3 is 2.00 bits per heavy atom. The minimum absolute atomic E-state index is 0. The van der Waals surface area contributed by atoms with E-state index in [-0.39, 0.29) is 1.43 Å². The second-order valence-electron chi connectivity index (χ2n) is 3.22. The van der Waals surface area contributed by atoms with Crippen LogP contribution < -0.4 is 5.73 Å². The molecule has 0 aliphatic carbocycles. The molecule has 0 unspecified atom stereocenters. The minimum atomic E-state index is 0. The molecule has 2 N–H and O–H groups in total. The highest BCUT2D eigenvalue weighted by Crippen LogP contribution is 2.02. The van der Waals surface area contributed by atoms with Crippen molar-refractivity contribution < 1.29 is 6.22 Å². The van der Waals surface area contributed by atoms with E-state index in [2.05, 4.69) is 13.8 Å². The molecule has 0 radical (unpaired) electrons. The lowest BCUT2D eigenvalue weighted by Gasteiger charge is -1.95. The number of hydrogen-bond acceptors (Lipinski definition) is 2. The Labute approximate surface area is 84.4 Å². The summed E-state index contributed by atoms with van der Waals surface area (Å²) in [6, 6.07) is 0. The molecule has 82 valence electrons. The van der Waals surface area contributed by atoms with Crippen LogP contribution in [0.25, 0.3) is 0 Å². The molecule has 0 aromatic carbocycles. The van der Waals surface area contributed by atoms with Crippen molar-refractivity contribution in [1.29, 1.82) is 0 Å². The molecule has 0 aromatic rings. The number of rotatable bonds is 7. The van der Waals surface area contributed by atoms with E-state index in [0.717, 1.165) is 32.1 Å². The number of nitrogens with two attached hydrogens (primary N) is 1. The Bertz CT molecular complexity index is 89.4. The second kappa shape index (κ2) is 17.6. The van der Waals surface area contributed by atoms with Crippen molar-refractivity contribution in [2.75, 3.05) is 6.54 Å². The van der Waals surface area contributed by atoms with E-state index >= 15 is 0 Å².